The topological polar surface area (TPSA) is 51.0 Å². The predicted molar refractivity (Wildman–Crippen MR) is 92.7 cm³/mol. The molecule has 0 unspecified atom stereocenters. The van der Waals surface area contributed by atoms with Crippen molar-refractivity contribution in [1.29, 1.82) is 0 Å². The van der Waals surface area contributed by atoms with Gasteiger partial charge in [-0.2, -0.15) is 0 Å². The third-order valence-corrected chi connectivity index (χ3v) is 5.36. The minimum absolute atomic E-state index is 0.638. The summed E-state index contributed by atoms with van der Waals surface area (Å²) in [4.78, 5) is 16.6. The molecule has 3 saturated heterocycles. The van der Waals surface area contributed by atoms with Gasteiger partial charge in [-0.25, -0.2) is 4.98 Å². The number of nitrogens with one attached hydrogen (secondary N) is 2. The summed E-state index contributed by atoms with van der Waals surface area (Å²) in [6, 6.07) is 9.24. The van der Waals surface area contributed by atoms with Crippen LogP contribution in [0.4, 0.5) is 5.95 Å². The summed E-state index contributed by atoms with van der Waals surface area (Å²) >= 11 is 0. The highest BCUT2D eigenvalue weighted by molar-refractivity contribution is 5.84. The van der Waals surface area contributed by atoms with Gasteiger partial charge in [0, 0.05) is 49.5 Å². The minimum Gasteiger partial charge on any atom is -0.361 e. The first-order chi connectivity index (χ1) is 11.4. The maximum atomic E-state index is 4.68. The molecule has 3 aliphatic rings. The highest BCUT2D eigenvalue weighted by Crippen LogP contribution is 2.28. The maximum Gasteiger partial charge on any atom is 0.203 e. The molecule has 23 heavy (non-hydrogen) atoms. The van der Waals surface area contributed by atoms with Crippen LogP contribution in [0.15, 0.2) is 36.7 Å². The number of fused-ring (bicyclic) bond motifs is 5. The van der Waals surface area contributed by atoms with Gasteiger partial charge in [0.25, 0.3) is 0 Å². The van der Waals surface area contributed by atoms with Gasteiger partial charge in [0.2, 0.25) is 5.95 Å². The molecule has 5 nitrogen and oxygen atoms in total. The van der Waals surface area contributed by atoms with Crippen molar-refractivity contribution < 1.29 is 0 Å². The van der Waals surface area contributed by atoms with Crippen molar-refractivity contribution in [3.63, 3.8) is 0 Å². The third kappa shape index (κ3) is 2.23. The van der Waals surface area contributed by atoms with Crippen LogP contribution in [-0.2, 0) is 0 Å². The van der Waals surface area contributed by atoms with Crippen molar-refractivity contribution in [2.75, 3.05) is 31.1 Å². The van der Waals surface area contributed by atoms with E-state index in [4.69, 9.17) is 0 Å². The average Bonchev–Trinajstić information content (AvgIpc) is 3.17. The fourth-order valence-corrected chi connectivity index (χ4v) is 3.98. The first-order valence-corrected chi connectivity index (χ1v) is 8.48. The van der Waals surface area contributed by atoms with Crippen LogP contribution >= 0.6 is 0 Å². The molecule has 118 valence electrons. The zero-order valence-electron chi connectivity index (χ0n) is 13.1. The molecular formula is C18H21N5. The number of hydrogen-bond donors (Lipinski definition) is 2. The average molecular weight is 307 g/mol. The summed E-state index contributed by atoms with van der Waals surface area (Å²) in [7, 11) is 0. The number of aromatic nitrogens is 3. The van der Waals surface area contributed by atoms with Gasteiger partial charge in [-0.05, 0) is 30.4 Å². The number of piperidine rings is 1. The normalized spacial score (nSPS) is 24.3. The Bertz CT molecular complexity index is 825. The van der Waals surface area contributed by atoms with E-state index in [1.807, 2.05) is 12.4 Å². The molecule has 2 N–H and O–H groups in total. The number of benzene rings is 1. The predicted octanol–water partition coefficient (Wildman–Crippen LogP) is 2.84. The van der Waals surface area contributed by atoms with E-state index < -0.39 is 0 Å². The van der Waals surface area contributed by atoms with Crippen molar-refractivity contribution in [1.82, 2.24) is 19.9 Å². The summed E-state index contributed by atoms with van der Waals surface area (Å²) in [5.41, 5.74) is 3.44. The number of anilines is 1. The van der Waals surface area contributed by atoms with Crippen molar-refractivity contribution in [2.24, 2.45) is 0 Å². The molecule has 0 spiro atoms. The second-order valence-corrected chi connectivity index (χ2v) is 6.67. The lowest BCUT2D eigenvalue weighted by molar-refractivity contribution is 0.250. The second kappa shape index (κ2) is 5.13. The molecule has 2 aromatic heterocycles. The molecule has 3 aromatic rings. The lowest BCUT2D eigenvalue weighted by Gasteiger charge is -2.31. The summed E-state index contributed by atoms with van der Waals surface area (Å²) in [6.45, 7) is 4.70. The van der Waals surface area contributed by atoms with E-state index >= 15 is 0 Å². The Balaban J connectivity index is 1.47. The van der Waals surface area contributed by atoms with E-state index in [0.717, 1.165) is 24.7 Å². The van der Waals surface area contributed by atoms with Gasteiger partial charge in [-0.3, -0.25) is 0 Å². The molecule has 0 atom stereocenters. The lowest BCUT2D eigenvalue weighted by atomic mass is 10.1. The Morgan fingerprint density at radius 1 is 1.04 bits per heavy atom. The number of hydrogen-bond acceptors (Lipinski definition) is 3. The van der Waals surface area contributed by atoms with Gasteiger partial charge in [0.15, 0.2) is 0 Å². The number of H-pyrrole nitrogens is 2. The number of nitrogens with zero attached hydrogens (tertiary/aromatic N) is 3. The van der Waals surface area contributed by atoms with Crippen molar-refractivity contribution in [2.45, 2.75) is 18.9 Å². The fraction of sp³-hybridized carbons (Fsp3) is 0.389. The molecule has 2 bridgehead atoms. The molecule has 3 aliphatic heterocycles. The van der Waals surface area contributed by atoms with E-state index in [0.29, 0.717) is 6.04 Å². The maximum absolute atomic E-state index is 4.68. The van der Waals surface area contributed by atoms with Crippen LogP contribution < -0.4 is 4.90 Å². The Morgan fingerprint density at radius 2 is 1.96 bits per heavy atom. The standard InChI is InChI=1S/C18H21N5/c1-2-14(11-16-13(1)3-6-19-16)17-12-20-18(21-17)23-10-9-22-7-4-15(23)5-8-22/h1-3,6,11-12,15,19H,4-5,7-10H2,(H,20,21). The van der Waals surface area contributed by atoms with E-state index in [9.17, 15) is 0 Å². The SMILES string of the molecule is c1cc2ccc(-c3cnc(N4CCN5CCC4CC5)[nH]3)cc2[nH]1. The van der Waals surface area contributed by atoms with Gasteiger partial charge >= 0.3 is 0 Å². The fourth-order valence-electron chi connectivity index (χ4n) is 3.98. The highest BCUT2D eigenvalue weighted by Gasteiger charge is 2.30. The van der Waals surface area contributed by atoms with Gasteiger partial charge < -0.3 is 19.8 Å². The van der Waals surface area contributed by atoms with Gasteiger partial charge in [0.1, 0.15) is 0 Å². The van der Waals surface area contributed by atoms with Crippen molar-refractivity contribution in [3.05, 3.63) is 36.7 Å². The molecule has 0 radical (unpaired) electrons. The van der Waals surface area contributed by atoms with Crippen molar-refractivity contribution >= 4 is 16.9 Å². The summed E-state index contributed by atoms with van der Waals surface area (Å²) in [6.07, 6.45) is 6.46. The Kier molecular flexibility index (Phi) is 2.94. The van der Waals surface area contributed by atoms with Crippen molar-refractivity contribution in [3.8, 4) is 11.3 Å². The number of aromatic amines is 2. The van der Waals surface area contributed by atoms with E-state index in [1.165, 1.54) is 42.4 Å². The zero-order valence-corrected chi connectivity index (χ0v) is 13.1. The minimum atomic E-state index is 0.638. The molecule has 3 fully saturated rings. The molecule has 5 heterocycles. The number of rotatable bonds is 2. The molecule has 0 saturated carbocycles. The molecule has 0 aliphatic carbocycles. The first kappa shape index (κ1) is 13.2. The van der Waals surface area contributed by atoms with Gasteiger partial charge in [-0.15, -0.1) is 0 Å². The number of imidazole rings is 1. The smallest absolute Gasteiger partial charge is 0.203 e. The molecule has 6 rings (SSSR count). The highest BCUT2D eigenvalue weighted by atomic mass is 15.3. The Morgan fingerprint density at radius 3 is 2.87 bits per heavy atom. The van der Waals surface area contributed by atoms with Crippen LogP contribution in [-0.4, -0.2) is 52.1 Å². The quantitative estimate of drug-likeness (QED) is 0.765. The molecular weight excluding hydrogens is 286 g/mol. The van der Waals surface area contributed by atoms with E-state index in [2.05, 4.69) is 49.0 Å². The Hall–Kier alpha value is -2.27. The van der Waals surface area contributed by atoms with Gasteiger partial charge in [-0.1, -0.05) is 12.1 Å². The van der Waals surface area contributed by atoms with Crippen LogP contribution in [0, 0.1) is 0 Å². The zero-order chi connectivity index (χ0) is 15.2. The molecule has 1 aromatic carbocycles. The lowest BCUT2D eigenvalue weighted by Crippen LogP contribution is -2.38. The van der Waals surface area contributed by atoms with E-state index in [1.54, 1.807) is 0 Å². The van der Waals surface area contributed by atoms with Gasteiger partial charge in [0.05, 0.1) is 11.9 Å². The molecule has 5 heteroatoms. The summed E-state index contributed by atoms with van der Waals surface area (Å²) < 4.78 is 0. The van der Waals surface area contributed by atoms with E-state index in [-0.39, 0.29) is 0 Å². The van der Waals surface area contributed by atoms with Crippen LogP contribution in [0.25, 0.3) is 22.2 Å². The summed E-state index contributed by atoms with van der Waals surface area (Å²) in [5, 5.41) is 1.24. The molecule has 0 amide bonds. The monoisotopic (exact) mass is 307 g/mol. The van der Waals surface area contributed by atoms with Crippen LogP contribution in [0.5, 0.6) is 0 Å². The second-order valence-electron chi connectivity index (χ2n) is 6.67. The summed E-state index contributed by atoms with van der Waals surface area (Å²) in [5.74, 6) is 1.03. The van der Waals surface area contributed by atoms with Crippen LogP contribution in [0.2, 0.25) is 0 Å². The van der Waals surface area contributed by atoms with Crippen LogP contribution in [0.3, 0.4) is 0 Å². The van der Waals surface area contributed by atoms with Crippen LogP contribution in [0.1, 0.15) is 12.8 Å². The Labute approximate surface area is 135 Å². The first-order valence-electron chi connectivity index (χ1n) is 8.48. The largest absolute Gasteiger partial charge is 0.361 e. The third-order valence-electron chi connectivity index (χ3n) is 5.36.